The minimum Gasteiger partial charge on any atom is -0.481 e. The lowest BCUT2D eigenvalue weighted by Gasteiger charge is -2.07. The van der Waals surface area contributed by atoms with Crippen LogP contribution < -0.4 is 10.6 Å². The number of carbonyl (C=O) groups is 2. The molecule has 106 valence electrons. The average molecular weight is 274 g/mol. The predicted molar refractivity (Wildman–Crippen MR) is 77.5 cm³/mol. The van der Waals surface area contributed by atoms with Crippen molar-refractivity contribution in [2.24, 2.45) is 0 Å². The summed E-state index contributed by atoms with van der Waals surface area (Å²) >= 11 is 0. The van der Waals surface area contributed by atoms with E-state index in [4.69, 9.17) is 11.5 Å². The number of carbonyl (C=O) groups excluding carboxylic acids is 1. The maximum atomic E-state index is 11.6. The molecule has 0 spiro atoms. The Hall–Kier alpha value is -2.48. The van der Waals surface area contributed by atoms with E-state index in [2.05, 4.69) is 16.6 Å². The highest BCUT2D eigenvalue weighted by molar-refractivity contribution is 5.89. The molecule has 0 aromatic heterocycles. The molecule has 0 heterocycles. The fourth-order valence-corrected chi connectivity index (χ4v) is 1.61. The normalized spacial score (nSPS) is 9.55. The fourth-order valence-electron chi connectivity index (χ4n) is 1.61. The van der Waals surface area contributed by atoms with Gasteiger partial charge in [-0.05, 0) is 30.5 Å². The Balaban J connectivity index is 2.31. The minimum absolute atomic E-state index is 0.0261. The lowest BCUT2D eigenvalue weighted by molar-refractivity contribution is -0.136. The van der Waals surface area contributed by atoms with Gasteiger partial charge in [0.2, 0.25) is 0 Å². The van der Waals surface area contributed by atoms with Crippen LogP contribution in [0.4, 0.5) is 10.5 Å². The molecule has 0 saturated heterocycles. The van der Waals surface area contributed by atoms with E-state index in [1.54, 1.807) is 24.3 Å². The molecule has 20 heavy (non-hydrogen) atoms. The SMILES string of the molecule is C#CCCCCNC(=O)Nc1ccc(CC(=O)O)cc1. The van der Waals surface area contributed by atoms with Gasteiger partial charge in [-0.3, -0.25) is 4.79 Å². The van der Waals surface area contributed by atoms with Crippen LogP contribution in [0.5, 0.6) is 0 Å². The number of carboxylic acids is 1. The van der Waals surface area contributed by atoms with Gasteiger partial charge in [-0.15, -0.1) is 12.3 Å². The molecule has 1 aromatic rings. The summed E-state index contributed by atoms with van der Waals surface area (Å²) in [6.07, 6.45) is 7.55. The van der Waals surface area contributed by atoms with E-state index in [9.17, 15) is 9.59 Å². The van der Waals surface area contributed by atoms with E-state index in [0.29, 0.717) is 24.2 Å². The Bertz CT molecular complexity index is 489. The van der Waals surface area contributed by atoms with Crippen molar-refractivity contribution in [3.8, 4) is 12.3 Å². The molecule has 0 unspecified atom stereocenters. The smallest absolute Gasteiger partial charge is 0.319 e. The maximum absolute atomic E-state index is 11.6. The van der Waals surface area contributed by atoms with Crippen LogP contribution in [0.1, 0.15) is 24.8 Å². The van der Waals surface area contributed by atoms with Gasteiger partial charge in [0, 0.05) is 18.7 Å². The number of anilines is 1. The highest BCUT2D eigenvalue weighted by Crippen LogP contribution is 2.09. The first-order valence-electron chi connectivity index (χ1n) is 6.41. The van der Waals surface area contributed by atoms with Gasteiger partial charge in [0.15, 0.2) is 0 Å². The van der Waals surface area contributed by atoms with E-state index in [0.717, 1.165) is 12.8 Å². The first-order valence-corrected chi connectivity index (χ1v) is 6.41. The topological polar surface area (TPSA) is 78.4 Å². The summed E-state index contributed by atoms with van der Waals surface area (Å²) in [5.74, 6) is 1.67. The third kappa shape index (κ3) is 6.45. The molecule has 5 heteroatoms. The van der Waals surface area contributed by atoms with Crippen molar-refractivity contribution in [3.63, 3.8) is 0 Å². The van der Waals surface area contributed by atoms with Crippen LogP contribution in [0.15, 0.2) is 24.3 Å². The molecule has 0 aliphatic rings. The number of terminal acetylenes is 1. The summed E-state index contributed by atoms with van der Waals surface area (Å²) in [7, 11) is 0. The van der Waals surface area contributed by atoms with Gasteiger partial charge < -0.3 is 15.7 Å². The van der Waals surface area contributed by atoms with Gasteiger partial charge in [0.1, 0.15) is 0 Å². The minimum atomic E-state index is -0.879. The first-order chi connectivity index (χ1) is 9.61. The second-order valence-corrected chi connectivity index (χ2v) is 4.31. The Labute approximate surface area is 118 Å². The highest BCUT2D eigenvalue weighted by Gasteiger charge is 2.03. The van der Waals surface area contributed by atoms with Crippen molar-refractivity contribution < 1.29 is 14.7 Å². The van der Waals surface area contributed by atoms with Gasteiger partial charge in [-0.2, -0.15) is 0 Å². The summed E-state index contributed by atoms with van der Waals surface area (Å²) in [4.78, 5) is 22.1. The number of benzene rings is 1. The molecule has 0 fully saturated rings. The van der Waals surface area contributed by atoms with Gasteiger partial charge in [-0.1, -0.05) is 12.1 Å². The number of nitrogens with one attached hydrogen (secondary N) is 2. The van der Waals surface area contributed by atoms with Crippen LogP contribution in [-0.4, -0.2) is 23.7 Å². The van der Waals surface area contributed by atoms with Crippen LogP contribution in [0.3, 0.4) is 0 Å². The van der Waals surface area contributed by atoms with Gasteiger partial charge in [-0.25, -0.2) is 4.79 Å². The maximum Gasteiger partial charge on any atom is 0.319 e. The predicted octanol–water partition coefficient (Wildman–Crippen LogP) is 2.24. The number of aliphatic carboxylic acids is 1. The standard InChI is InChI=1S/C15H18N2O3/c1-2-3-4-5-10-16-15(20)17-13-8-6-12(7-9-13)11-14(18)19/h1,6-9H,3-5,10-11H2,(H,18,19)(H2,16,17,20). The van der Waals surface area contributed by atoms with Crippen molar-refractivity contribution in [1.82, 2.24) is 5.32 Å². The summed E-state index contributed by atoms with van der Waals surface area (Å²) < 4.78 is 0. The molecule has 0 radical (unpaired) electrons. The lowest BCUT2D eigenvalue weighted by atomic mass is 10.1. The van der Waals surface area contributed by atoms with Crippen LogP contribution in [0.25, 0.3) is 0 Å². The van der Waals surface area contributed by atoms with Gasteiger partial charge in [0.25, 0.3) is 0 Å². The number of unbranched alkanes of at least 4 members (excludes halogenated alkanes) is 2. The highest BCUT2D eigenvalue weighted by atomic mass is 16.4. The summed E-state index contributed by atoms with van der Waals surface area (Å²) in [6.45, 7) is 0.574. The first kappa shape index (κ1) is 15.6. The largest absolute Gasteiger partial charge is 0.481 e. The number of carboxylic acid groups (broad SMARTS) is 1. The molecule has 1 aromatic carbocycles. The zero-order valence-electron chi connectivity index (χ0n) is 11.2. The third-order valence-corrected chi connectivity index (χ3v) is 2.60. The van der Waals surface area contributed by atoms with E-state index in [-0.39, 0.29) is 12.5 Å². The summed E-state index contributed by atoms with van der Waals surface area (Å²) in [5, 5.41) is 14.0. The second kappa shape index (κ2) is 8.59. The lowest BCUT2D eigenvalue weighted by Crippen LogP contribution is -2.29. The number of amides is 2. The molecule has 0 bridgehead atoms. The zero-order valence-corrected chi connectivity index (χ0v) is 11.2. The molecular formula is C15H18N2O3. The molecular weight excluding hydrogens is 256 g/mol. The number of hydrogen-bond donors (Lipinski definition) is 3. The van der Waals surface area contributed by atoms with Crippen LogP contribution in [-0.2, 0) is 11.2 Å². The molecule has 0 atom stereocenters. The molecule has 0 aliphatic heterocycles. The van der Waals surface area contributed by atoms with Crippen LogP contribution >= 0.6 is 0 Å². The number of urea groups is 1. The molecule has 3 N–H and O–H groups in total. The summed E-state index contributed by atoms with van der Waals surface area (Å²) in [6, 6.07) is 6.43. The zero-order chi connectivity index (χ0) is 14.8. The molecule has 5 nitrogen and oxygen atoms in total. The number of rotatable bonds is 7. The van der Waals surface area contributed by atoms with E-state index >= 15 is 0 Å². The van der Waals surface area contributed by atoms with Crippen molar-refractivity contribution >= 4 is 17.7 Å². The molecule has 0 aliphatic carbocycles. The Kier molecular flexibility index (Phi) is 6.69. The second-order valence-electron chi connectivity index (χ2n) is 4.31. The van der Waals surface area contributed by atoms with Gasteiger partial charge >= 0.3 is 12.0 Å². The van der Waals surface area contributed by atoms with Crippen LogP contribution in [0.2, 0.25) is 0 Å². The summed E-state index contributed by atoms with van der Waals surface area (Å²) in [5.41, 5.74) is 1.32. The van der Waals surface area contributed by atoms with E-state index in [1.165, 1.54) is 0 Å². The van der Waals surface area contributed by atoms with Crippen molar-refractivity contribution in [1.29, 1.82) is 0 Å². The van der Waals surface area contributed by atoms with Crippen molar-refractivity contribution in [3.05, 3.63) is 29.8 Å². The molecule has 1 rings (SSSR count). The van der Waals surface area contributed by atoms with Crippen molar-refractivity contribution in [2.45, 2.75) is 25.7 Å². The van der Waals surface area contributed by atoms with Crippen LogP contribution in [0, 0.1) is 12.3 Å². The Morgan fingerprint density at radius 3 is 2.50 bits per heavy atom. The Morgan fingerprint density at radius 2 is 1.90 bits per heavy atom. The van der Waals surface area contributed by atoms with Gasteiger partial charge in [0.05, 0.1) is 6.42 Å². The fraction of sp³-hybridized carbons (Fsp3) is 0.333. The third-order valence-electron chi connectivity index (χ3n) is 2.60. The average Bonchev–Trinajstić information content (AvgIpc) is 2.40. The Morgan fingerprint density at radius 1 is 1.20 bits per heavy atom. The van der Waals surface area contributed by atoms with E-state index in [1.807, 2.05) is 0 Å². The quantitative estimate of drug-likeness (QED) is 0.527. The monoisotopic (exact) mass is 274 g/mol. The van der Waals surface area contributed by atoms with E-state index < -0.39 is 5.97 Å². The number of hydrogen-bond acceptors (Lipinski definition) is 2. The molecule has 0 saturated carbocycles. The molecule has 2 amide bonds. The van der Waals surface area contributed by atoms with Crippen molar-refractivity contribution in [2.75, 3.05) is 11.9 Å².